The normalized spacial score (nSPS) is 18.1. The van der Waals surface area contributed by atoms with Gasteiger partial charge in [-0.3, -0.25) is 0 Å². The van der Waals surface area contributed by atoms with Gasteiger partial charge in [0.15, 0.2) is 11.5 Å². The van der Waals surface area contributed by atoms with Crippen molar-refractivity contribution in [3.05, 3.63) is 23.8 Å². The summed E-state index contributed by atoms with van der Waals surface area (Å²) in [5, 5.41) is 7.67. The van der Waals surface area contributed by atoms with Crippen molar-refractivity contribution in [2.75, 3.05) is 23.8 Å². The predicted octanol–water partition coefficient (Wildman–Crippen LogP) is 6.20. The zero-order valence-corrected chi connectivity index (χ0v) is 25.9. The molecule has 0 unspecified atom stereocenters. The van der Waals surface area contributed by atoms with Crippen LogP contribution in [0.15, 0.2) is 12.3 Å². The molecule has 10 nitrogen and oxygen atoms in total. The molecule has 1 aliphatic heterocycles. The van der Waals surface area contributed by atoms with Gasteiger partial charge in [-0.25, -0.2) is 9.18 Å². The fourth-order valence-corrected chi connectivity index (χ4v) is 5.79. The molecular weight excluding hydrogens is 537 g/mol. The first kappa shape index (κ1) is 29.2. The van der Waals surface area contributed by atoms with Crippen molar-refractivity contribution in [1.29, 1.82) is 0 Å². The lowest BCUT2D eigenvalue weighted by Crippen LogP contribution is -2.39. The first-order valence-electron chi connectivity index (χ1n) is 13.3. The van der Waals surface area contributed by atoms with Crippen LogP contribution in [-0.2, 0) is 16.2 Å². The lowest BCUT2D eigenvalue weighted by Gasteiger charge is -2.27. The number of nitrogens with one attached hydrogen (secondary N) is 2. The highest BCUT2D eigenvalue weighted by molar-refractivity contribution is 7.10. The Balaban J connectivity index is 1.60. The van der Waals surface area contributed by atoms with Crippen molar-refractivity contribution < 1.29 is 18.7 Å². The van der Waals surface area contributed by atoms with E-state index in [2.05, 4.69) is 44.6 Å². The smallest absolute Gasteiger partial charge is 0.410 e. The molecule has 1 aliphatic rings. The van der Waals surface area contributed by atoms with E-state index in [9.17, 15) is 4.79 Å². The highest BCUT2D eigenvalue weighted by atomic mass is 32.1. The number of hydrogen-bond donors (Lipinski definition) is 2. The summed E-state index contributed by atoms with van der Waals surface area (Å²) in [6.45, 7) is 17.5. The fourth-order valence-electron chi connectivity index (χ4n) is 4.38. The first-order valence-corrected chi connectivity index (χ1v) is 17.8. The van der Waals surface area contributed by atoms with Gasteiger partial charge in [0.05, 0.1) is 11.1 Å². The molecule has 2 N–H and O–H groups in total. The maximum atomic E-state index is 15.4. The van der Waals surface area contributed by atoms with Crippen LogP contribution >= 0.6 is 11.5 Å². The molecule has 0 bridgehead atoms. The van der Waals surface area contributed by atoms with E-state index in [0.29, 0.717) is 42.4 Å². The molecule has 3 aromatic heterocycles. The summed E-state index contributed by atoms with van der Waals surface area (Å²) in [5.74, 6) is 0.256. The molecule has 1 saturated heterocycles. The molecule has 0 aromatic carbocycles. The number of nitrogens with zero attached hydrogens (tertiary/aromatic N) is 5. The summed E-state index contributed by atoms with van der Waals surface area (Å²) in [6.07, 6.45) is 1.72. The van der Waals surface area contributed by atoms with Gasteiger partial charge in [0.25, 0.3) is 0 Å². The molecule has 3 aromatic rings. The van der Waals surface area contributed by atoms with Gasteiger partial charge in [-0.1, -0.05) is 19.6 Å². The molecule has 4 heterocycles. The third-order valence-corrected chi connectivity index (χ3v) is 8.80. The van der Waals surface area contributed by atoms with Gasteiger partial charge in [-0.2, -0.15) is 14.3 Å². The predicted molar refractivity (Wildman–Crippen MR) is 156 cm³/mol. The van der Waals surface area contributed by atoms with E-state index in [1.54, 1.807) is 9.47 Å². The Morgan fingerprint density at radius 3 is 2.67 bits per heavy atom. The number of ether oxygens (including phenoxy) is 2. The number of aryl methyl sites for hydroxylation is 1. The summed E-state index contributed by atoms with van der Waals surface area (Å²) in [7, 11) is -1.25. The topological polar surface area (TPSA) is 106 Å². The molecule has 0 radical (unpaired) electrons. The number of fused-ring (bicyclic) bond motifs is 1. The summed E-state index contributed by atoms with van der Waals surface area (Å²) < 4.78 is 32.8. The third kappa shape index (κ3) is 7.67. The van der Waals surface area contributed by atoms with Gasteiger partial charge < -0.3 is 29.6 Å². The van der Waals surface area contributed by atoms with Crippen molar-refractivity contribution in [3.63, 3.8) is 0 Å². The van der Waals surface area contributed by atoms with Crippen LogP contribution in [0.3, 0.4) is 0 Å². The lowest BCUT2D eigenvalue weighted by atomic mass is 10.2. The fraction of sp³-hybridized carbons (Fsp3) is 0.615. The van der Waals surface area contributed by atoms with E-state index in [0.717, 1.165) is 16.7 Å². The SMILES string of the molecule is Cc1cc(Nc2nc(N[C@@H]3C[C@H](C)N(C(=O)OC(C)(C)C)C3)c3c(F)cn(COCC[Si](C)(C)C)c3n2)sn1. The van der Waals surface area contributed by atoms with Crippen molar-refractivity contribution in [1.82, 2.24) is 23.8 Å². The molecule has 0 aliphatic carbocycles. The number of amides is 1. The Morgan fingerprint density at radius 1 is 1.28 bits per heavy atom. The van der Waals surface area contributed by atoms with E-state index >= 15 is 4.39 Å². The largest absolute Gasteiger partial charge is 0.444 e. The molecule has 2 atom stereocenters. The monoisotopic (exact) mass is 577 g/mol. The second kappa shape index (κ2) is 11.4. The Bertz CT molecular complexity index is 1320. The van der Waals surface area contributed by atoms with E-state index < -0.39 is 19.5 Å². The van der Waals surface area contributed by atoms with Crippen LogP contribution in [-0.4, -0.2) is 68.8 Å². The van der Waals surface area contributed by atoms with Crippen LogP contribution in [0.4, 0.5) is 26.0 Å². The van der Waals surface area contributed by atoms with Crippen molar-refractivity contribution in [2.24, 2.45) is 0 Å². The van der Waals surface area contributed by atoms with Gasteiger partial charge in [-0.05, 0) is 64.7 Å². The minimum atomic E-state index is -1.25. The summed E-state index contributed by atoms with van der Waals surface area (Å²) in [5.41, 5.74) is 0.728. The van der Waals surface area contributed by atoms with Crippen molar-refractivity contribution >= 4 is 53.5 Å². The minimum Gasteiger partial charge on any atom is -0.444 e. The molecule has 1 fully saturated rings. The number of anilines is 3. The Kier molecular flexibility index (Phi) is 8.52. The second-order valence-corrected chi connectivity index (χ2v) is 18.8. The molecule has 0 saturated carbocycles. The average Bonchev–Trinajstić information content (AvgIpc) is 3.46. The maximum absolute atomic E-state index is 15.4. The highest BCUT2D eigenvalue weighted by Gasteiger charge is 2.36. The summed E-state index contributed by atoms with van der Waals surface area (Å²) >= 11 is 1.30. The van der Waals surface area contributed by atoms with E-state index in [4.69, 9.17) is 9.47 Å². The molecule has 13 heteroatoms. The number of rotatable bonds is 9. The minimum absolute atomic E-state index is 0.0401. The number of aromatic nitrogens is 4. The first-order chi connectivity index (χ1) is 18.2. The number of halogens is 1. The Hall–Kier alpha value is -2.77. The molecule has 1 amide bonds. The number of likely N-dealkylation sites (tertiary alicyclic amines) is 1. The Labute approximate surface area is 234 Å². The lowest BCUT2D eigenvalue weighted by molar-refractivity contribution is 0.0238. The number of carbonyl (C=O) groups excluding carboxylic acids is 1. The van der Waals surface area contributed by atoms with Crippen LogP contribution in [0.25, 0.3) is 11.0 Å². The van der Waals surface area contributed by atoms with Crippen LogP contribution in [0, 0.1) is 12.7 Å². The molecule has 0 spiro atoms. The van der Waals surface area contributed by atoms with Gasteiger partial charge >= 0.3 is 6.09 Å². The van der Waals surface area contributed by atoms with Crippen LogP contribution in [0.2, 0.25) is 25.7 Å². The molecular formula is C26H40FN7O3SSi. The highest BCUT2D eigenvalue weighted by Crippen LogP contribution is 2.31. The zero-order valence-electron chi connectivity index (χ0n) is 24.1. The zero-order chi connectivity index (χ0) is 28.5. The average molecular weight is 578 g/mol. The van der Waals surface area contributed by atoms with Crippen LogP contribution in [0.5, 0.6) is 0 Å². The van der Waals surface area contributed by atoms with Crippen molar-refractivity contribution in [3.8, 4) is 0 Å². The van der Waals surface area contributed by atoms with E-state index in [1.165, 1.54) is 17.7 Å². The molecule has 214 valence electrons. The number of carbonyl (C=O) groups is 1. The van der Waals surface area contributed by atoms with Crippen LogP contribution < -0.4 is 10.6 Å². The second-order valence-electron chi connectivity index (χ2n) is 12.4. The summed E-state index contributed by atoms with van der Waals surface area (Å²) in [4.78, 5) is 23.7. The Morgan fingerprint density at radius 2 is 2.03 bits per heavy atom. The summed E-state index contributed by atoms with van der Waals surface area (Å²) in [6, 6.07) is 2.74. The standard InChI is InChI=1S/C26H40FN7O3SSi/c1-16-11-20(38-32-16)29-24-30-22(28-18-12-17(2)34(13-18)25(35)37-26(3,4)5)21-19(27)14-33(23(21)31-24)15-36-9-10-39(6,7)8/h11,14,17-18H,9-10,12-13,15H2,1-8H3,(H2,28,29,30,31)/t17-,18+/m0/s1. The van der Waals surface area contributed by atoms with Gasteiger partial charge in [0.2, 0.25) is 5.95 Å². The van der Waals surface area contributed by atoms with Gasteiger partial charge in [0.1, 0.15) is 23.2 Å². The maximum Gasteiger partial charge on any atom is 0.410 e. The van der Waals surface area contributed by atoms with Gasteiger partial charge in [0, 0.05) is 39.5 Å². The third-order valence-electron chi connectivity index (χ3n) is 6.30. The molecule has 4 rings (SSSR count). The molecule has 39 heavy (non-hydrogen) atoms. The number of hydrogen-bond acceptors (Lipinski definition) is 9. The van der Waals surface area contributed by atoms with Crippen molar-refractivity contribution in [2.45, 2.75) is 91.1 Å². The van der Waals surface area contributed by atoms with E-state index in [-0.39, 0.29) is 24.9 Å². The quantitative estimate of drug-likeness (QED) is 0.229. The van der Waals surface area contributed by atoms with Gasteiger partial charge in [-0.15, -0.1) is 0 Å². The van der Waals surface area contributed by atoms with E-state index in [1.807, 2.05) is 40.7 Å². The van der Waals surface area contributed by atoms with Crippen LogP contribution in [0.1, 0.15) is 39.8 Å².